The smallest absolute Gasteiger partial charge is 0.236 e. The maximum absolute atomic E-state index is 12.6. The number of benzene rings is 2. The van der Waals surface area contributed by atoms with Crippen LogP contribution in [0.5, 0.6) is 5.75 Å². The Morgan fingerprint density at radius 3 is 2.61 bits per heavy atom. The standard InChI is InChI=1S/C27H29N5O2S2/c1-5-14-32-24(15-34-22-12-10-20(11-13-22)18(2)3)30-31-27(32)36-17-25(33)29-26-28-23(16-35-26)21-8-6-19(4)7-9-21/h5-13,16,18H,1,14-15,17H2,2-4H3,(H,28,29,33). The molecule has 0 saturated heterocycles. The number of carbonyl (C=O) groups excluding carboxylic acids is 1. The molecule has 9 heteroatoms. The first-order valence-electron chi connectivity index (χ1n) is 11.6. The lowest BCUT2D eigenvalue weighted by Crippen LogP contribution is -2.15. The summed E-state index contributed by atoms with van der Waals surface area (Å²) in [5.74, 6) is 1.95. The second kappa shape index (κ2) is 12.0. The molecule has 4 rings (SSSR count). The molecule has 0 spiro atoms. The average Bonchev–Trinajstić information content (AvgIpc) is 3.49. The van der Waals surface area contributed by atoms with Gasteiger partial charge in [0, 0.05) is 17.5 Å². The van der Waals surface area contributed by atoms with Gasteiger partial charge in [-0.1, -0.05) is 73.6 Å². The number of thiazole rings is 1. The van der Waals surface area contributed by atoms with E-state index >= 15 is 0 Å². The third-order valence-corrected chi connectivity index (χ3v) is 7.17. The summed E-state index contributed by atoms with van der Waals surface area (Å²) in [5.41, 5.74) is 4.32. The van der Waals surface area contributed by atoms with Crippen LogP contribution in [0.4, 0.5) is 5.13 Å². The first-order valence-corrected chi connectivity index (χ1v) is 13.5. The average molecular weight is 520 g/mol. The third-order valence-electron chi connectivity index (χ3n) is 5.45. The lowest BCUT2D eigenvalue weighted by Gasteiger charge is -2.10. The van der Waals surface area contributed by atoms with E-state index in [-0.39, 0.29) is 18.3 Å². The highest BCUT2D eigenvalue weighted by Gasteiger charge is 2.15. The van der Waals surface area contributed by atoms with Crippen molar-refractivity contribution in [3.8, 4) is 17.0 Å². The predicted molar refractivity (Wildman–Crippen MR) is 147 cm³/mol. The van der Waals surface area contributed by atoms with Crippen molar-refractivity contribution in [3.63, 3.8) is 0 Å². The molecule has 2 aromatic carbocycles. The van der Waals surface area contributed by atoms with Crippen molar-refractivity contribution in [1.82, 2.24) is 19.7 Å². The zero-order chi connectivity index (χ0) is 25.5. The van der Waals surface area contributed by atoms with E-state index < -0.39 is 0 Å². The molecule has 36 heavy (non-hydrogen) atoms. The van der Waals surface area contributed by atoms with Gasteiger partial charge in [0.2, 0.25) is 5.91 Å². The minimum atomic E-state index is -0.152. The zero-order valence-corrected chi connectivity index (χ0v) is 22.2. The molecular formula is C27H29N5O2S2. The summed E-state index contributed by atoms with van der Waals surface area (Å²) in [6.45, 7) is 11.0. The van der Waals surface area contributed by atoms with Gasteiger partial charge in [-0.25, -0.2) is 4.98 Å². The number of aryl methyl sites for hydroxylation is 1. The van der Waals surface area contributed by atoms with E-state index in [0.717, 1.165) is 17.0 Å². The molecule has 2 heterocycles. The minimum absolute atomic E-state index is 0.152. The van der Waals surface area contributed by atoms with Gasteiger partial charge in [-0.2, -0.15) is 0 Å². The molecule has 0 bridgehead atoms. The molecule has 0 aliphatic heterocycles. The molecule has 2 aromatic heterocycles. The number of aromatic nitrogens is 4. The second-order valence-corrected chi connectivity index (χ2v) is 10.4. The molecule has 0 aliphatic rings. The van der Waals surface area contributed by atoms with Crippen molar-refractivity contribution in [2.24, 2.45) is 0 Å². The summed E-state index contributed by atoms with van der Waals surface area (Å²) < 4.78 is 7.83. The van der Waals surface area contributed by atoms with Crippen molar-refractivity contribution < 1.29 is 9.53 Å². The molecule has 186 valence electrons. The Morgan fingerprint density at radius 1 is 1.17 bits per heavy atom. The van der Waals surface area contributed by atoms with Crippen molar-refractivity contribution in [2.75, 3.05) is 11.1 Å². The van der Waals surface area contributed by atoms with Gasteiger partial charge in [-0.15, -0.1) is 28.1 Å². The number of nitrogens with zero attached hydrogens (tertiary/aromatic N) is 4. The number of allylic oxidation sites excluding steroid dienone is 1. The number of nitrogens with one attached hydrogen (secondary N) is 1. The van der Waals surface area contributed by atoms with Crippen molar-refractivity contribution in [2.45, 2.75) is 45.0 Å². The Kier molecular flexibility index (Phi) is 8.56. The summed E-state index contributed by atoms with van der Waals surface area (Å²) in [6, 6.07) is 16.2. The van der Waals surface area contributed by atoms with Crippen molar-refractivity contribution in [3.05, 3.63) is 83.5 Å². The molecule has 1 amide bonds. The van der Waals surface area contributed by atoms with Crippen LogP contribution in [-0.4, -0.2) is 31.4 Å². The van der Waals surface area contributed by atoms with Crippen LogP contribution in [0.1, 0.15) is 36.7 Å². The quantitative estimate of drug-likeness (QED) is 0.184. The molecule has 0 radical (unpaired) electrons. The molecule has 0 aliphatic carbocycles. The molecule has 0 atom stereocenters. The van der Waals surface area contributed by atoms with Gasteiger partial charge in [0.25, 0.3) is 0 Å². The first-order chi connectivity index (χ1) is 17.4. The highest BCUT2D eigenvalue weighted by molar-refractivity contribution is 7.99. The molecule has 0 saturated carbocycles. The molecule has 0 fully saturated rings. The maximum atomic E-state index is 12.6. The monoisotopic (exact) mass is 519 g/mol. The first kappa shape index (κ1) is 25.7. The van der Waals surface area contributed by atoms with Crippen molar-refractivity contribution in [1.29, 1.82) is 0 Å². The van der Waals surface area contributed by atoms with E-state index in [9.17, 15) is 4.79 Å². The van der Waals surface area contributed by atoms with Gasteiger partial charge in [0.15, 0.2) is 16.1 Å². The topological polar surface area (TPSA) is 81.9 Å². The SMILES string of the molecule is C=CCn1c(COc2ccc(C(C)C)cc2)nnc1SCC(=O)Nc1nc(-c2ccc(C)cc2)cs1. The third kappa shape index (κ3) is 6.61. The highest BCUT2D eigenvalue weighted by Crippen LogP contribution is 2.26. The van der Waals surface area contributed by atoms with Gasteiger partial charge in [-0.3, -0.25) is 9.36 Å². The van der Waals surface area contributed by atoms with Crippen LogP contribution in [0.3, 0.4) is 0 Å². The highest BCUT2D eigenvalue weighted by atomic mass is 32.2. The number of carbonyl (C=O) groups is 1. The van der Waals surface area contributed by atoms with E-state index in [2.05, 4.69) is 53.1 Å². The van der Waals surface area contributed by atoms with Crippen LogP contribution in [0.2, 0.25) is 0 Å². The molecular weight excluding hydrogens is 490 g/mol. The van der Waals surface area contributed by atoms with Gasteiger partial charge in [-0.05, 0) is 30.5 Å². The minimum Gasteiger partial charge on any atom is -0.486 e. The van der Waals surface area contributed by atoms with Crippen LogP contribution < -0.4 is 10.1 Å². The van der Waals surface area contributed by atoms with E-state index in [1.807, 2.05) is 53.3 Å². The van der Waals surface area contributed by atoms with Gasteiger partial charge in [0.05, 0.1) is 11.4 Å². The summed E-state index contributed by atoms with van der Waals surface area (Å²) >= 11 is 2.72. The van der Waals surface area contributed by atoms with Crippen LogP contribution >= 0.6 is 23.1 Å². The number of hydrogen-bond acceptors (Lipinski definition) is 7. The number of hydrogen-bond donors (Lipinski definition) is 1. The normalized spacial score (nSPS) is 11.0. The van der Waals surface area contributed by atoms with E-state index in [4.69, 9.17) is 4.74 Å². The Bertz CT molecular complexity index is 1310. The van der Waals surface area contributed by atoms with Crippen LogP contribution in [-0.2, 0) is 17.9 Å². The second-order valence-electron chi connectivity index (χ2n) is 8.55. The molecule has 4 aromatic rings. The Balaban J connectivity index is 1.33. The molecule has 7 nitrogen and oxygen atoms in total. The Morgan fingerprint density at radius 2 is 1.92 bits per heavy atom. The van der Waals surface area contributed by atoms with Crippen LogP contribution in [0.15, 0.2) is 71.7 Å². The van der Waals surface area contributed by atoms with Crippen LogP contribution in [0, 0.1) is 6.92 Å². The lowest BCUT2D eigenvalue weighted by atomic mass is 10.0. The van der Waals surface area contributed by atoms with Gasteiger partial charge < -0.3 is 10.1 Å². The number of rotatable bonds is 11. The Hall–Kier alpha value is -3.43. The zero-order valence-electron chi connectivity index (χ0n) is 20.6. The summed E-state index contributed by atoms with van der Waals surface area (Å²) in [5, 5.41) is 14.6. The number of thioether (sulfide) groups is 1. The largest absolute Gasteiger partial charge is 0.486 e. The predicted octanol–water partition coefficient (Wildman–Crippen LogP) is 6.33. The molecule has 0 unspecified atom stereocenters. The lowest BCUT2D eigenvalue weighted by molar-refractivity contribution is -0.113. The summed E-state index contributed by atoms with van der Waals surface area (Å²) in [7, 11) is 0. The number of amides is 1. The molecule has 1 N–H and O–H groups in total. The summed E-state index contributed by atoms with van der Waals surface area (Å²) in [6.07, 6.45) is 1.77. The fraction of sp³-hybridized carbons (Fsp3) is 0.259. The number of ether oxygens (including phenoxy) is 1. The van der Waals surface area contributed by atoms with E-state index in [1.165, 1.54) is 34.2 Å². The van der Waals surface area contributed by atoms with Gasteiger partial charge in [0.1, 0.15) is 12.4 Å². The van der Waals surface area contributed by atoms with E-state index in [1.54, 1.807) is 6.08 Å². The number of anilines is 1. The van der Waals surface area contributed by atoms with E-state index in [0.29, 0.717) is 28.6 Å². The fourth-order valence-corrected chi connectivity index (χ4v) is 4.92. The van der Waals surface area contributed by atoms with Gasteiger partial charge >= 0.3 is 0 Å². The van der Waals surface area contributed by atoms with Crippen molar-refractivity contribution >= 4 is 34.1 Å². The Labute approximate surface area is 219 Å². The fourth-order valence-electron chi connectivity index (χ4n) is 3.42. The van der Waals surface area contributed by atoms with Crippen LogP contribution in [0.25, 0.3) is 11.3 Å². The summed E-state index contributed by atoms with van der Waals surface area (Å²) in [4.78, 5) is 17.1. The maximum Gasteiger partial charge on any atom is 0.236 e.